The zero-order valence-corrected chi connectivity index (χ0v) is 29.0. The van der Waals surface area contributed by atoms with Crippen LogP contribution in [0.1, 0.15) is 26.3 Å². The Hall–Kier alpha value is -6.33. The van der Waals surface area contributed by atoms with Crippen LogP contribution in [0.3, 0.4) is 0 Å². The van der Waals surface area contributed by atoms with Crippen LogP contribution in [-0.2, 0) is 5.41 Å². The standard InChI is InChI=1S/C46H38N4O/c1-46(2,3)33-25-26-38(32-14-5-4-6-15-32)44(28-33)49-31-48(42-23-9-10-24-43(42)49)34-16-11-18-36(29-34)51-37-19-12-17-35(30-37)50-41-22-8-7-20-39(41)40-21-13-27-47-45(40)50/h4-30H,31H2,1-3H3. The van der Waals surface area contributed by atoms with E-state index in [-0.39, 0.29) is 5.41 Å². The summed E-state index contributed by atoms with van der Waals surface area (Å²) in [5, 5.41) is 2.31. The summed E-state index contributed by atoms with van der Waals surface area (Å²) in [4.78, 5) is 9.59. The number of para-hydroxylation sites is 3. The third-order valence-corrected chi connectivity index (χ3v) is 9.86. The first-order valence-corrected chi connectivity index (χ1v) is 17.5. The molecule has 3 heterocycles. The van der Waals surface area contributed by atoms with Crippen LogP contribution in [0, 0.1) is 0 Å². The maximum Gasteiger partial charge on any atom is 0.145 e. The first-order valence-electron chi connectivity index (χ1n) is 17.5. The monoisotopic (exact) mass is 662 g/mol. The molecule has 0 atom stereocenters. The van der Waals surface area contributed by atoms with Gasteiger partial charge < -0.3 is 14.5 Å². The van der Waals surface area contributed by atoms with E-state index in [4.69, 9.17) is 9.72 Å². The fraction of sp³-hybridized carbons (Fsp3) is 0.109. The Morgan fingerprint density at radius 3 is 2.00 bits per heavy atom. The van der Waals surface area contributed by atoms with Crippen molar-refractivity contribution in [1.29, 1.82) is 0 Å². The predicted octanol–water partition coefficient (Wildman–Crippen LogP) is 12.2. The van der Waals surface area contributed by atoms with Crippen LogP contribution in [0.15, 0.2) is 164 Å². The van der Waals surface area contributed by atoms with Crippen LogP contribution in [-0.4, -0.2) is 16.2 Å². The molecule has 248 valence electrons. The number of ether oxygens (including phenoxy) is 1. The summed E-state index contributed by atoms with van der Waals surface area (Å²) < 4.78 is 8.81. The first kappa shape index (κ1) is 30.7. The molecule has 9 rings (SSSR count). The van der Waals surface area contributed by atoms with Gasteiger partial charge in [0.15, 0.2) is 0 Å². The molecule has 8 aromatic rings. The number of pyridine rings is 1. The van der Waals surface area contributed by atoms with Gasteiger partial charge in [-0.15, -0.1) is 0 Å². The van der Waals surface area contributed by atoms with Crippen LogP contribution in [0.2, 0.25) is 0 Å². The summed E-state index contributed by atoms with van der Waals surface area (Å²) in [6.45, 7) is 7.51. The molecule has 0 radical (unpaired) electrons. The van der Waals surface area contributed by atoms with Crippen molar-refractivity contribution in [3.63, 3.8) is 0 Å². The van der Waals surface area contributed by atoms with Gasteiger partial charge in [0.05, 0.1) is 28.3 Å². The molecule has 1 aliphatic rings. The van der Waals surface area contributed by atoms with Crippen LogP contribution < -0.4 is 14.5 Å². The van der Waals surface area contributed by atoms with E-state index in [0.29, 0.717) is 6.67 Å². The van der Waals surface area contributed by atoms with Crippen molar-refractivity contribution in [1.82, 2.24) is 9.55 Å². The second kappa shape index (κ2) is 12.2. The van der Waals surface area contributed by atoms with Crippen LogP contribution in [0.5, 0.6) is 11.5 Å². The van der Waals surface area contributed by atoms with Crippen LogP contribution >= 0.6 is 0 Å². The SMILES string of the molecule is CC(C)(C)c1ccc(-c2ccccc2)c(N2CN(c3cccc(Oc4cccc(-n5c6ccccc6c6cccnc65)c4)c3)c3ccccc32)c1. The molecule has 0 fully saturated rings. The number of anilines is 4. The van der Waals surface area contributed by atoms with E-state index in [2.05, 4.69) is 169 Å². The lowest BCUT2D eigenvalue weighted by atomic mass is 9.85. The molecule has 0 spiro atoms. The minimum Gasteiger partial charge on any atom is -0.457 e. The second-order valence-corrected chi connectivity index (χ2v) is 14.2. The Bertz CT molecular complexity index is 2490. The highest BCUT2D eigenvalue weighted by Gasteiger charge is 2.30. The Morgan fingerprint density at radius 1 is 0.549 bits per heavy atom. The minimum absolute atomic E-state index is 0.0178. The number of fused-ring (bicyclic) bond motifs is 4. The largest absolute Gasteiger partial charge is 0.457 e. The highest BCUT2D eigenvalue weighted by atomic mass is 16.5. The molecular weight excluding hydrogens is 625 g/mol. The van der Waals surface area contributed by atoms with E-state index in [0.717, 1.165) is 45.1 Å². The van der Waals surface area contributed by atoms with Crippen molar-refractivity contribution >= 4 is 44.7 Å². The lowest BCUT2D eigenvalue weighted by molar-refractivity contribution is 0.482. The zero-order valence-electron chi connectivity index (χ0n) is 29.0. The Kier molecular flexibility index (Phi) is 7.36. The van der Waals surface area contributed by atoms with Gasteiger partial charge in [-0.1, -0.05) is 106 Å². The second-order valence-electron chi connectivity index (χ2n) is 14.2. The molecule has 0 aliphatic carbocycles. The normalized spacial score (nSPS) is 12.8. The molecule has 0 N–H and O–H groups in total. The molecule has 0 bridgehead atoms. The average Bonchev–Trinajstić information content (AvgIpc) is 3.71. The third-order valence-electron chi connectivity index (χ3n) is 9.86. The van der Waals surface area contributed by atoms with E-state index in [1.807, 2.05) is 30.5 Å². The maximum atomic E-state index is 6.60. The molecular formula is C46H38N4O. The first-order chi connectivity index (χ1) is 24.9. The molecule has 0 amide bonds. The summed E-state index contributed by atoms with van der Waals surface area (Å²) in [6.07, 6.45) is 1.85. The Morgan fingerprint density at radius 2 is 1.22 bits per heavy atom. The van der Waals surface area contributed by atoms with Gasteiger partial charge in [0.1, 0.15) is 23.8 Å². The van der Waals surface area contributed by atoms with Crippen LogP contribution in [0.25, 0.3) is 38.8 Å². The van der Waals surface area contributed by atoms with E-state index in [9.17, 15) is 0 Å². The lowest BCUT2D eigenvalue weighted by Crippen LogP contribution is -2.25. The van der Waals surface area contributed by atoms with Crippen molar-refractivity contribution in [3.8, 4) is 28.3 Å². The molecule has 1 aliphatic heterocycles. The summed E-state index contributed by atoms with van der Waals surface area (Å²) in [5.74, 6) is 1.54. The Labute approximate surface area is 298 Å². The molecule has 51 heavy (non-hydrogen) atoms. The summed E-state index contributed by atoms with van der Waals surface area (Å²) in [7, 11) is 0. The molecule has 5 heteroatoms. The number of benzene rings is 6. The quantitative estimate of drug-likeness (QED) is 0.177. The van der Waals surface area contributed by atoms with E-state index in [1.54, 1.807) is 0 Å². The number of aromatic nitrogens is 2. The van der Waals surface area contributed by atoms with Gasteiger partial charge in [-0.2, -0.15) is 0 Å². The van der Waals surface area contributed by atoms with Gasteiger partial charge in [0, 0.05) is 40.4 Å². The number of nitrogens with zero attached hydrogens (tertiary/aromatic N) is 4. The van der Waals surface area contributed by atoms with Crippen molar-refractivity contribution in [2.24, 2.45) is 0 Å². The van der Waals surface area contributed by atoms with Gasteiger partial charge in [-0.05, 0) is 77.2 Å². The average molecular weight is 663 g/mol. The van der Waals surface area contributed by atoms with Crippen molar-refractivity contribution in [2.45, 2.75) is 26.2 Å². The molecule has 5 nitrogen and oxygen atoms in total. The van der Waals surface area contributed by atoms with Gasteiger partial charge in [0.2, 0.25) is 0 Å². The lowest BCUT2D eigenvalue weighted by Gasteiger charge is -2.27. The molecule has 0 saturated heterocycles. The van der Waals surface area contributed by atoms with E-state index < -0.39 is 0 Å². The molecule has 2 aromatic heterocycles. The smallest absolute Gasteiger partial charge is 0.145 e. The van der Waals surface area contributed by atoms with Crippen molar-refractivity contribution in [3.05, 3.63) is 169 Å². The topological polar surface area (TPSA) is 33.5 Å². The van der Waals surface area contributed by atoms with Crippen LogP contribution in [0.4, 0.5) is 22.7 Å². The zero-order chi connectivity index (χ0) is 34.5. The fourth-order valence-electron chi connectivity index (χ4n) is 7.32. The fourth-order valence-corrected chi connectivity index (χ4v) is 7.32. The van der Waals surface area contributed by atoms with Gasteiger partial charge >= 0.3 is 0 Å². The third kappa shape index (κ3) is 5.48. The number of rotatable bonds is 6. The Balaban J connectivity index is 1.07. The summed E-state index contributed by atoms with van der Waals surface area (Å²) in [5.41, 5.74) is 11.4. The molecule has 0 saturated carbocycles. The van der Waals surface area contributed by atoms with Gasteiger partial charge in [-0.25, -0.2) is 4.98 Å². The van der Waals surface area contributed by atoms with Gasteiger partial charge in [-0.3, -0.25) is 4.57 Å². The number of hydrogen-bond acceptors (Lipinski definition) is 4. The summed E-state index contributed by atoms with van der Waals surface area (Å²) in [6, 6.07) is 55.6. The molecule has 6 aromatic carbocycles. The van der Waals surface area contributed by atoms with Crippen molar-refractivity contribution < 1.29 is 4.74 Å². The van der Waals surface area contributed by atoms with Gasteiger partial charge in [0.25, 0.3) is 0 Å². The van der Waals surface area contributed by atoms with E-state index >= 15 is 0 Å². The highest BCUT2D eigenvalue weighted by Crippen LogP contribution is 2.48. The molecule has 0 unspecified atom stereocenters. The predicted molar refractivity (Wildman–Crippen MR) is 211 cm³/mol. The summed E-state index contributed by atoms with van der Waals surface area (Å²) >= 11 is 0. The van der Waals surface area contributed by atoms with E-state index in [1.165, 1.54) is 33.5 Å². The number of hydrogen-bond donors (Lipinski definition) is 0. The maximum absolute atomic E-state index is 6.60. The highest BCUT2D eigenvalue weighted by molar-refractivity contribution is 6.07. The minimum atomic E-state index is 0.0178. The van der Waals surface area contributed by atoms with Crippen molar-refractivity contribution in [2.75, 3.05) is 16.5 Å².